The summed E-state index contributed by atoms with van der Waals surface area (Å²) in [6.07, 6.45) is 1.54. The van der Waals surface area contributed by atoms with Crippen molar-refractivity contribution in [3.63, 3.8) is 0 Å². The van der Waals surface area contributed by atoms with Gasteiger partial charge in [0.2, 0.25) is 0 Å². The SMILES string of the molecule is COC=C1C(=O)c2c(O)cc(OC)cc2[C@@H]2O[C@@](C)(OC)C[C@H]12. The number of hydrogen-bond donors (Lipinski definition) is 1. The van der Waals surface area contributed by atoms with E-state index in [1.807, 2.05) is 6.92 Å². The van der Waals surface area contributed by atoms with Gasteiger partial charge >= 0.3 is 0 Å². The predicted octanol–water partition coefficient (Wildman–Crippen LogP) is 2.57. The molecule has 1 aromatic rings. The minimum atomic E-state index is -0.803. The molecule has 2 aliphatic rings. The van der Waals surface area contributed by atoms with Gasteiger partial charge in [-0.1, -0.05) is 0 Å². The quantitative estimate of drug-likeness (QED) is 0.681. The molecule has 3 atom stereocenters. The second-order valence-corrected chi connectivity index (χ2v) is 5.94. The Labute approximate surface area is 134 Å². The number of carbonyl (C=O) groups excluding carboxylic acids is 1. The van der Waals surface area contributed by atoms with Crippen LogP contribution >= 0.6 is 0 Å². The van der Waals surface area contributed by atoms with Gasteiger partial charge in [0.1, 0.15) is 11.5 Å². The summed E-state index contributed by atoms with van der Waals surface area (Å²) in [6.45, 7) is 1.83. The van der Waals surface area contributed by atoms with E-state index >= 15 is 0 Å². The van der Waals surface area contributed by atoms with Crippen LogP contribution in [0, 0.1) is 5.92 Å². The summed E-state index contributed by atoms with van der Waals surface area (Å²) in [5.74, 6) is -0.914. The van der Waals surface area contributed by atoms with Crippen LogP contribution in [0.1, 0.15) is 35.4 Å². The molecule has 23 heavy (non-hydrogen) atoms. The number of aromatic hydroxyl groups is 1. The first-order valence-corrected chi connectivity index (χ1v) is 7.35. The van der Waals surface area contributed by atoms with Crippen LogP contribution in [-0.2, 0) is 14.2 Å². The lowest BCUT2D eigenvalue weighted by Crippen LogP contribution is -2.25. The third kappa shape index (κ3) is 2.38. The van der Waals surface area contributed by atoms with Gasteiger partial charge in [-0.25, -0.2) is 0 Å². The molecular weight excluding hydrogens is 300 g/mol. The van der Waals surface area contributed by atoms with Crippen LogP contribution in [0.15, 0.2) is 24.0 Å². The van der Waals surface area contributed by atoms with Crippen molar-refractivity contribution in [1.82, 2.24) is 0 Å². The van der Waals surface area contributed by atoms with Gasteiger partial charge in [-0.05, 0) is 13.0 Å². The van der Waals surface area contributed by atoms with Gasteiger partial charge in [-0.3, -0.25) is 4.79 Å². The highest BCUT2D eigenvalue weighted by molar-refractivity contribution is 6.13. The van der Waals surface area contributed by atoms with E-state index in [9.17, 15) is 9.90 Å². The molecule has 0 amide bonds. The number of phenolic OH excluding ortho intramolecular Hbond substituents is 1. The van der Waals surface area contributed by atoms with Gasteiger partial charge in [0.05, 0.1) is 32.1 Å². The van der Waals surface area contributed by atoms with Gasteiger partial charge in [-0.15, -0.1) is 0 Å². The first-order valence-electron chi connectivity index (χ1n) is 7.35. The zero-order valence-corrected chi connectivity index (χ0v) is 13.6. The average molecular weight is 320 g/mol. The van der Waals surface area contributed by atoms with Gasteiger partial charge < -0.3 is 24.1 Å². The molecule has 0 radical (unpaired) electrons. The molecular formula is C17H20O6. The smallest absolute Gasteiger partial charge is 0.196 e. The van der Waals surface area contributed by atoms with Crippen molar-refractivity contribution in [2.75, 3.05) is 21.3 Å². The van der Waals surface area contributed by atoms with Crippen LogP contribution in [0.5, 0.6) is 11.5 Å². The van der Waals surface area contributed by atoms with Crippen LogP contribution in [0.2, 0.25) is 0 Å². The number of rotatable bonds is 3. The van der Waals surface area contributed by atoms with Crippen molar-refractivity contribution in [2.24, 2.45) is 5.92 Å². The van der Waals surface area contributed by atoms with Gasteiger partial charge in [0.25, 0.3) is 0 Å². The predicted molar refractivity (Wildman–Crippen MR) is 81.4 cm³/mol. The molecule has 6 heteroatoms. The summed E-state index contributed by atoms with van der Waals surface area (Å²) in [7, 11) is 4.57. The minimum Gasteiger partial charge on any atom is -0.507 e. The molecule has 0 unspecified atom stereocenters. The maximum atomic E-state index is 12.8. The fourth-order valence-corrected chi connectivity index (χ4v) is 3.38. The number of benzene rings is 1. The Hall–Kier alpha value is -2.05. The van der Waals surface area contributed by atoms with Crippen molar-refractivity contribution < 1.29 is 28.8 Å². The second kappa shape index (κ2) is 5.54. The molecule has 1 aliphatic carbocycles. The normalized spacial score (nSPS) is 31.0. The molecule has 124 valence electrons. The molecule has 0 bridgehead atoms. The minimum absolute atomic E-state index is 0.126. The Morgan fingerprint density at radius 1 is 1.35 bits per heavy atom. The van der Waals surface area contributed by atoms with Crippen LogP contribution < -0.4 is 4.74 Å². The van der Waals surface area contributed by atoms with E-state index in [-0.39, 0.29) is 23.0 Å². The van der Waals surface area contributed by atoms with E-state index in [0.717, 1.165) is 0 Å². The molecule has 0 saturated carbocycles. The van der Waals surface area contributed by atoms with Crippen LogP contribution in [-0.4, -0.2) is 38.0 Å². The summed E-state index contributed by atoms with van der Waals surface area (Å²) in [5, 5.41) is 10.3. The molecule has 1 N–H and O–H groups in total. The number of Topliss-reactive ketones (excluding diaryl/α,β-unsaturated/α-hetero) is 1. The maximum Gasteiger partial charge on any atom is 0.196 e. The fraction of sp³-hybridized carbons (Fsp3) is 0.471. The largest absolute Gasteiger partial charge is 0.507 e. The summed E-state index contributed by atoms with van der Waals surface area (Å²) >= 11 is 0. The Kier molecular flexibility index (Phi) is 3.82. The monoisotopic (exact) mass is 320 g/mol. The molecule has 1 saturated heterocycles. The highest BCUT2D eigenvalue weighted by Crippen LogP contribution is 2.53. The highest BCUT2D eigenvalue weighted by Gasteiger charge is 2.51. The van der Waals surface area contributed by atoms with Crippen molar-refractivity contribution in [3.8, 4) is 11.5 Å². The van der Waals surface area contributed by atoms with Crippen LogP contribution in [0.25, 0.3) is 0 Å². The van der Waals surface area contributed by atoms with Crippen LogP contribution in [0.4, 0.5) is 0 Å². The number of ether oxygens (including phenoxy) is 4. The lowest BCUT2D eigenvalue weighted by molar-refractivity contribution is -0.200. The standard InChI is InChI=1S/C17H20O6/c1-17(22-4)7-11-12(8-20-2)15(19)14-10(16(11)23-17)5-9(21-3)6-13(14)18/h5-6,8,11,16,18H,7H2,1-4H3/t11-,16+,17-/m1/s1. The van der Waals surface area contributed by atoms with Gasteiger partial charge in [0, 0.05) is 36.7 Å². The van der Waals surface area contributed by atoms with Crippen LogP contribution in [0.3, 0.4) is 0 Å². The van der Waals surface area contributed by atoms with Gasteiger partial charge in [0.15, 0.2) is 11.6 Å². The summed E-state index contributed by atoms with van der Waals surface area (Å²) in [6, 6.07) is 3.15. The average Bonchev–Trinajstić information content (AvgIpc) is 2.89. The molecule has 1 fully saturated rings. The van der Waals surface area contributed by atoms with E-state index in [1.54, 1.807) is 13.2 Å². The number of ketones is 1. The number of carbonyl (C=O) groups is 1. The first-order chi connectivity index (χ1) is 10.9. The fourth-order valence-electron chi connectivity index (χ4n) is 3.38. The van der Waals surface area contributed by atoms with Crippen molar-refractivity contribution >= 4 is 5.78 Å². The summed E-state index contributed by atoms with van der Waals surface area (Å²) < 4.78 is 21.8. The van der Waals surface area contributed by atoms with E-state index in [4.69, 9.17) is 18.9 Å². The molecule has 6 nitrogen and oxygen atoms in total. The van der Waals surface area contributed by atoms with Gasteiger partial charge in [-0.2, -0.15) is 0 Å². The van der Waals surface area contributed by atoms with Crippen molar-refractivity contribution in [1.29, 1.82) is 0 Å². The van der Waals surface area contributed by atoms with E-state index < -0.39 is 11.9 Å². The molecule has 1 aliphatic heterocycles. The Morgan fingerprint density at radius 2 is 2.09 bits per heavy atom. The third-order valence-electron chi connectivity index (χ3n) is 4.56. The number of methoxy groups -OCH3 is 3. The van der Waals surface area contributed by atoms with Crippen molar-refractivity contribution in [2.45, 2.75) is 25.2 Å². The lowest BCUT2D eigenvalue weighted by Gasteiger charge is -2.29. The summed E-state index contributed by atoms with van der Waals surface area (Å²) in [5.41, 5.74) is 1.33. The molecule has 1 aromatic carbocycles. The number of fused-ring (bicyclic) bond motifs is 3. The maximum absolute atomic E-state index is 12.8. The first kappa shape index (κ1) is 15.8. The molecule has 0 aromatic heterocycles. The van der Waals surface area contributed by atoms with E-state index in [2.05, 4.69) is 0 Å². The third-order valence-corrected chi connectivity index (χ3v) is 4.56. The van der Waals surface area contributed by atoms with E-state index in [1.165, 1.54) is 26.5 Å². The topological polar surface area (TPSA) is 74.2 Å². The Bertz CT molecular complexity index is 680. The number of hydrogen-bond acceptors (Lipinski definition) is 6. The Balaban J connectivity index is 2.20. The lowest BCUT2D eigenvalue weighted by atomic mass is 9.76. The second-order valence-electron chi connectivity index (χ2n) is 5.94. The van der Waals surface area contributed by atoms with Crippen molar-refractivity contribution in [3.05, 3.63) is 35.1 Å². The Morgan fingerprint density at radius 3 is 2.70 bits per heavy atom. The van der Waals surface area contributed by atoms with E-state index in [0.29, 0.717) is 23.3 Å². The highest BCUT2D eigenvalue weighted by atomic mass is 16.7. The summed E-state index contributed by atoms with van der Waals surface area (Å²) in [4.78, 5) is 12.8. The number of phenols is 1. The molecule has 1 heterocycles. The molecule has 0 spiro atoms. The zero-order chi connectivity index (χ0) is 16.8. The zero-order valence-electron chi connectivity index (χ0n) is 13.6. The molecule has 3 rings (SSSR count).